The van der Waals surface area contributed by atoms with Gasteiger partial charge in [-0.3, -0.25) is 19.6 Å². The molecule has 1 amide bonds. The molecule has 0 aliphatic carbocycles. The highest BCUT2D eigenvalue weighted by Crippen LogP contribution is 2.27. The van der Waals surface area contributed by atoms with Crippen molar-refractivity contribution in [3.8, 4) is 10.6 Å². The fourth-order valence-corrected chi connectivity index (χ4v) is 3.31. The predicted octanol–water partition coefficient (Wildman–Crippen LogP) is 1.07. The van der Waals surface area contributed by atoms with Gasteiger partial charge in [0.1, 0.15) is 5.01 Å². The standard InChI is InChI=1S/C17H17N5O3S/c1-11-13(26-16(20-11)12-3-2-6-18-9-12)10-19-14(23)4-7-22-8-5-15(24)21-17(22)25/h2-3,5-6,8-9H,4,7,10H2,1H3,(H,19,23)(H,21,24,25). The van der Waals surface area contributed by atoms with E-state index in [-0.39, 0.29) is 18.9 Å². The second-order valence-corrected chi connectivity index (χ2v) is 6.68. The molecule has 0 aliphatic rings. The van der Waals surface area contributed by atoms with E-state index in [0.717, 1.165) is 21.1 Å². The van der Waals surface area contributed by atoms with E-state index >= 15 is 0 Å². The van der Waals surface area contributed by atoms with Gasteiger partial charge >= 0.3 is 5.69 Å². The van der Waals surface area contributed by atoms with E-state index in [1.807, 2.05) is 19.1 Å². The van der Waals surface area contributed by atoms with Crippen LogP contribution in [0, 0.1) is 6.92 Å². The average Bonchev–Trinajstić information content (AvgIpc) is 3.01. The average molecular weight is 371 g/mol. The minimum absolute atomic E-state index is 0.138. The molecule has 134 valence electrons. The number of aromatic amines is 1. The van der Waals surface area contributed by atoms with Crippen LogP contribution < -0.4 is 16.6 Å². The molecule has 3 heterocycles. The normalized spacial score (nSPS) is 10.7. The van der Waals surface area contributed by atoms with Gasteiger partial charge < -0.3 is 9.88 Å². The molecule has 0 fully saturated rings. The topological polar surface area (TPSA) is 110 Å². The Labute approximate surface area is 152 Å². The monoisotopic (exact) mass is 371 g/mol. The van der Waals surface area contributed by atoms with E-state index in [1.54, 1.807) is 12.4 Å². The number of hydrogen-bond donors (Lipinski definition) is 2. The van der Waals surface area contributed by atoms with E-state index in [2.05, 4.69) is 20.3 Å². The Morgan fingerprint density at radius 2 is 2.19 bits per heavy atom. The summed E-state index contributed by atoms with van der Waals surface area (Å²) < 4.78 is 1.29. The Balaban J connectivity index is 1.57. The molecule has 3 rings (SSSR count). The summed E-state index contributed by atoms with van der Waals surface area (Å²) in [5.41, 5.74) is 0.826. The number of hydrogen-bond acceptors (Lipinski definition) is 6. The number of carbonyl (C=O) groups is 1. The number of nitrogens with one attached hydrogen (secondary N) is 2. The first-order valence-corrected chi connectivity index (χ1v) is 8.78. The number of amides is 1. The van der Waals surface area contributed by atoms with Crippen LogP contribution in [0.5, 0.6) is 0 Å². The maximum Gasteiger partial charge on any atom is 0.328 e. The quantitative estimate of drug-likeness (QED) is 0.673. The van der Waals surface area contributed by atoms with Crippen LogP contribution in [0.4, 0.5) is 0 Å². The Kier molecular flexibility index (Phi) is 5.37. The van der Waals surface area contributed by atoms with Gasteiger partial charge in [0.05, 0.1) is 12.2 Å². The third-order valence-corrected chi connectivity index (χ3v) is 4.93. The van der Waals surface area contributed by atoms with Crippen molar-refractivity contribution in [2.24, 2.45) is 0 Å². The fraction of sp³-hybridized carbons (Fsp3) is 0.235. The molecule has 0 aliphatic heterocycles. The third-order valence-electron chi connectivity index (χ3n) is 3.72. The summed E-state index contributed by atoms with van der Waals surface area (Å²) in [5.74, 6) is -0.182. The molecule has 8 nitrogen and oxygen atoms in total. The molecule has 9 heteroatoms. The van der Waals surface area contributed by atoms with Gasteiger partial charge in [-0.15, -0.1) is 11.3 Å². The summed E-state index contributed by atoms with van der Waals surface area (Å²) in [6.07, 6.45) is 4.97. The van der Waals surface area contributed by atoms with Gasteiger partial charge in [0.25, 0.3) is 5.56 Å². The SMILES string of the molecule is Cc1nc(-c2cccnc2)sc1CNC(=O)CCn1ccc(=O)[nH]c1=O. The van der Waals surface area contributed by atoms with Crippen molar-refractivity contribution >= 4 is 17.2 Å². The first-order valence-electron chi connectivity index (χ1n) is 7.96. The molecule has 0 saturated carbocycles. The van der Waals surface area contributed by atoms with Gasteiger partial charge in [0, 0.05) is 48.1 Å². The molecular formula is C17H17N5O3S. The van der Waals surface area contributed by atoms with Crippen molar-refractivity contribution in [3.63, 3.8) is 0 Å². The lowest BCUT2D eigenvalue weighted by Gasteiger charge is -2.06. The molecule has 0 saturated heterocycles. The highest BCUT2D eigenvalue weighted by Gasteiger charge is 2.11. The largest absolute Gasteiger partial charge is 0.351 e. The first kappa shape index (κ1) is 17.7. The van der Waals surface area contributed by atoms with Crippen molar-refractivity contribution < 1.29 is 4.79 Å². The maximum atomic E-state index is 12.0. The number of nitrogens with zero attached hydrogens (tertiary/aromatic N) is 3. The Hall–Kier alpha value is -3.07. The Bertz CT molecular complexity index is 1020. The van der Waals surface area contributed by atoms with Crippen LogP contribution in [0.3, 0.4) is 0 Å². The second-order valence-electron chi connectivity index (χ2n) is 5.60. The molecule has 3 aromatic heterocycles. The van der Waals surface area contributed by atoms with Crippen LogP contribution in [0.2, 0.25) is 0 Å². The van der Waals surface area contributed by atoms with Crippen molar-refractivity contribution in [2.75, 3.05) is 0 Å². The molecule has 26 heavy (non-hydrogen) atoms. The van der Waals surface area contributed by atoms with E-state index in [1.165, 1.54) is 28.2 Å². The minimum Gasteiger partial charge on any atom is -0.351 e. The molecule has 0 spiro atoms. The molecule has 0 bridgehead atoms. The zero-order valence-corrected chi connectivity index (χ0v) is 14.9. The molecule has 2 N–H and O–H groups in total. The number of aromatic nitrogens is 4. The van der Waals surface area contributed by atoms with Crippen molar-refractivity contribution in [1.82, 2.24) is 24.8 Å². The number of rotatable bonds is 6. The van der Waals surface area contributed by atoms with Gasteiger partial charge in [-0.2, -0.15) is 0 Å². The van der Waals surface area contributed by atoms with Crippen LogP contribution in [-0.4, -0.2) is 25.4 Å². The molecule has 0 radical (unpaired) electrons. The van der Waals surface area contributed by atoms with Gasteiger partial charge in [-0.25, -0.2) is 9.78 Å². The molecular weight excluding hydrogens is 354 g/mol. The highest BCUT2D eigenvalue weighted by atomic mass is 32.1. The Morgan fingerprint density at radius 3 is 2.92 bits per heavy atom. The van der Waals surface area contributed by atoms with E-state index < -0.39 is 11.2 Å². The summed E-state index contributed by atoms with van der Waals surface area (Å²) in [4.78, 5) is 46.4. The van der Waals surface area contributed by atoms with Gasteiger partial charge in [0.15, 0.2) is 0 Å². The van der Waals surface area contributed by atoms with Crippen molar-refractivity contribution in [2.45, 2.75) is 26.4 Å². The zero-order valence-electron chi connectivity index (χ0n) is 14.1. The molecule has 3 aromatic rings. The van der Waals surface area contributed by atoms with Gasteiger partial charge in [-0.1, -0.05) is 0 Å². The number of pyridine rings is 1. The lowest BCUT2D eigenvalue weighted by Crippen LogP contribution is -2.31. The summed E-state index contributed by atoms with van der Waals surface area (Å²) in [7, 11) is 0. The van der Waals surface area contributed by atoms with Crippen LogP contribution in [0.25, 0.3) is 10.6 Å². The van der Waals surface area contributed by atoms with Gasteiger partial charge in [-0.05, 0) is 19.1 Å². The highest BCUT2D eigenvalue weighted by molar-refractivity contribution is 7.15. The van der Waals surface area contributed by atoms with Crippen LogP contribution in [-0.2, 0) is 17.9 Å². The maximum absolute atomic E-state index is 12.0. The minimum atomic E-state index is -0.523. The Morgan fingerprint density at radius 1 is 1.35 bits per heavy atom. The number of carbonyl (C=O) groups excluding carboxylic acids is 1. The second kappa shape index (κ2) is 7.87. The van der Waals surface area contributed by atoms with E-state index in [0.29, 0.717) is 6.54 Å². The zero-order chi connectivity index (χ0) is 18.5. The summed E-state index contributed by atoms with van der Waals surface area (Å²) in [6, 6.07) is 5.04. The summed E-state index contributed by atoms with van der Waals surface area (Å²) in [6.45, 7) is 2.48. The summed E-state index contributed by atoms with van der Waals surface area (Å²) in [5, 5.41) is 3.69. The number of thiazole rings is 1. The molecule has 0 aromatic carbocycles. The lowest BCUT2D eigenvalue weighted by molar-refractivity contribution is -0.121. The van der Waals surface area contributed by atoms with Crippen LogP contribution >= 0.6 is 11.3 Å². The number of aryl methyl sites for hydroxylation is 2. The first-order chi connectivity index (χ1) is 12.5. The third kappa shape index (κ3) is 4.31. The molecule has 0 atom stereocenters. The van der Waals surface area contributed by atoms with Gasteiger partial charge in [0.2, 0.25) is 5.91 Å². The van der Waals surface area contributed by atoms with Crippen LogP contribution in [0.1, 0.15) is 17.0 Å². The van der Waals surface area contributed by atoms with E-state index in [9.17, 15) is 14.4 Å². The van der Waals surface area contributed by atoms with Crippen LogP contribution in [0.15, 0.2) is 46.4 Å². The van der Waals surface area contributed by atoms with Crippen molar-refractivity contribution in [1.29, 1.82) is 0 Å². The molecule has 0 unspecified atom stereocenters. The predicted molar refractivity (Wildman–Crippen MR) is 97.9 cm³/mol. The number of H-pyrrole nitrogens is 1. The lowest BCUT2D eigenvalue weighted by atomic mass is 10.3. The summed E-state index contributed by atoms with van der Waals surface area (Å²) >= 11 is 1.51. The van der Waals surface area contributed by atoms with E-state index in [4.69, 9.17) is 0 Å². The smallest absolute Gasteiger partial charge is 0.328 e. The van der Waals surface area contributed by atoms with Crippen molar-refractivity contribution in [3.05, 3.63) is 68.2 Å². The fourth-order valence-electron chi connectivity index (χ4n) is 2.31.